The van der Waals surface area contributed by atoms with Crippen LogP contribution in [0.1, 0.15) is 16.1 Å². The summed E-state index contributed by atoms with van der Waals surface area (Å²) in [6, 6.07) is 11.7. The second-order valence-electron chi connectivity index (χ2n) is 5.70. The minimum atomic E-state index is -3.46. The molecule has 0 bridgehead atoms. The van der Waals surface area contributed by atoms with E-state index in [4.69, 9.17) is 0 Å². The van der Waals surface area contributed by atoms with E-state index < -0.39 is 10.0 Å². The van der Waals surface area contributed by atoms with Crippen molar-refractivity contribution in [3.8, 4) is 0 Å². The van der Waals surface area contributed by atoms with E-state index >= 15 is 0 Å². The lowest BCUT2D eigenvalue weighted by Gasteiger charge is -2.26. The maximum Gasteiger partial charge on any atom is 0.270 e. The van der Waals surface area contributed by atoms with Gasteiger partial charge in [-0.05, 0) is 29.8 Å². The number of piperazine rings is 1. The van der Waals surface area contributed by atoms with Gasteiger partial charge in [0.15, 0.2) is 0 Å². The minimum Gasteiger partial charge on any atom is -0.347 e. The molecule has 1 saturated heterocycles. The highest BCUT2D eigenvalue weighted by atomic mass is 32.2. The summed E-state index contributed by atoms with van der Waals surface area (Å²) >= 11 is 0. The van der Waals surface area contributed by atoms with Crippen molar-refractivity contribution in [1.29, 1.82) is 0 Å². The van der Waals surface area contributed by atoms with Gasteiger partial charge >= 0.3 is 0 Å². The van der Waals surface area contributed by atoms with E-state index in [1.165, 1.54) is 4.31 Å². The number of carbonyl (C=O) groups excluding carboxylic acids is 1. The van der Waals surface area contributed by atoms with Gasteiger partial charge in [-0.15, -0.1) is 0 Å². The first kappa shape index (κ1) is 17.5. The average Bonchev–Trinajstić information content (AvgIpc) is 2.68. The number of carbonyl (C=O) groups is 1. The lowest BCUT2D eigenvalue weighted by atomic mass is 10.2. The van der Waals surface area contributed by atoms with Gasteiger partial charge in [-0.25, -0.2) is 8.42 Å². The fourth-order valence-electron chi connectivity index (χ4n) is 2.58. The molecule has 1 aromatic carbocycles. The van der Waals surface area contributed by atoms with Crippen molar-refractivity contribution in [1.82, 2.24) is 19.9 Å². The van der Waals surface area contributed by atoms with Crippen LogP contribution in [0, 0.1) is 0 Å². The third kappa shape index (κ3) is 4.22. The Hall–Kier alpha value is -2.29. The predicted octanol–water partition coefficient (Wildman–Crippen LogP) is 0.606. The van der Waals surface area contributed by atoms with Crippen LogP contribution in [-0.2, 0) is 16.6 Å². The van der Waals surface area contributed by atoms with Crippen LogP contribution < -0.4 is 10.6 Å². The van der Waals surface area contributed by atoms with E-state index in [1.807, 2.05) is 0 Å². The summed E-state index contributed by atoms with van der Waals surface area (Å²) in [5, 5.41) is 5.90. The molecule has 0 atom stereocenters. The Morgan fingerprint density at radius 3 is 2.48 bits per heavy atom. The highest BCUT2D eigenvalue weighted by molar-refractivity contribution is 7.89. The van der Waals surface area contributed by atoms with Crippen molar-refractivity contribution in [2.45, 2.75) is 11.4 Å². The number of nitrogens with zero attached hydrogens (tertiary/aromatic N) is 2. The zero-order valence-corrected chi connectivity index (χ0v) is 14.5. The van der Waals surface area contributed by atoms with Crippen LogP contribution >= 0.6 is 0 Å². The van der Waals surface area contributed by atoms with E-state index in [0.29, 0.717) is 38.4 Å². The van der Waals surface area contributed by atoms with E-state index in [0.717, 1.165) is 5.56 Å². The van der Waals surface area contributed by atoms with Crippen LogP contribution in [0.15, 0.2) is 53.6 Å². The summed E-state index contributed by atoms with van der Waals surface area (Å²) in [5.74, 6) is -0.266. The van der Waals surface area contributed by atoms with Crippen molar-refractivity contribution in [2.75, 3.05) is 26.2 Å². The van der Waals surface area contributed by atoms with Crippen molar-refractivity contribution >= 4 is 15.9 Å². The monoisotopic (exact) mass is 360 g/mol. The number of hydrogen-bond acceptors (Lipinski definition) is 5. The molecule has 1 fully saturated rings. The quantitative estimate of drug-likeness (QED) is 0.815. The van der Waals surface area contributed by atoms with Crippen LogP contribution in [0.4, 0.5) is 0 Å². The fourth-order valence-corrected chi connectivity index (χ4v) is 4.02. The molecule has 2 aromatic rings. The van der Waals surface area contributed by atoms with Gasteiger partial charge in [0.25, 0.3) is 5.91 Å². The highest BCUT2D eigenvalue weighted by Gasteiger charge is 2.25. The van der Waals surface area contributed by atoms with Gasteiger partial charge in [-0.1, -0.05) is 18.2 Å². The van der Waals surface area contributed by atoms with Crippen LogP contribution in [0.5, 0.6) is 0 Å². The molecule has 25 heavy (non-hydrogen) atoms. The van der Waals surface area contributed by atoms with Crippen molar-refractivity contribution < 1.29 is 13.2 Å². The Balaban J connectivity index is 1.63. The first-order chi connectivity index (χ1) is 12.1. The number of benzene rings is 1. The second kappa shape index (κ2) is 7.73. The Bertz CT molecular complexity index is 817. The molecular weight excluding hydrogens is 340 g/mol. The molecule has 0 radical (unpaired) electrons. The van der Waals surface area contributed by atoms with Gasteiger partial charge in [0.2, 0.25) is 10.0 Å². The average molecular weight is 360 g/mol. The van der Waals surface area contributed by atoms with Crippen LogP contribution in [-0.4, -0.2) is 49.8 Å². The van der Waals surface area contributed by atoms with Gasteiger partial charge in [0.1, 0.15) is 5.69 Å². The Labute approximate surface area is 147 Å². The summed E-state index contributed by atoms with van der Waals surface area (Å²) in [6.45, 7) is 2.59. The molecule has 1 aliphatic heterocycles. The van der Waals surface area contributed by atoms with E-state index in [9.17, 15) is 13.2 Å². The van der Waals surface area contributed by atoms with E-state index in [-0.39, 0.29) is 10.8 Å². The zero-order chi connectivity index (χ0) is 17.7. The number of nitrogens with one attached hydrogen (secondary N) is 2. The van der Waals surface area contributed by atoms with Crippen LogP contribution in [0.3, 0.4) is 0 Å². The van der Waals surface area contributed by atoms with Crippen molar-refractivity contribution in [2.24, 2.45) is 0 Å². The first-order valence-corrected chi connectivity index (χ1v) is 9.50. The minimum absolute atomic E-state index is 0.266. The standard InChI is InChI=1S/C17H20N4O3S/c22-17(16-3-1-2-8-19-16)20-13-14-4-6-15(7-5-14)25(23,24)21-11-9-18-10-12-21/h1-8,18H,9-13H2,(H,20,22). The second-order valence-corrected chi connectivity index (χ2v) is 7.63. The topological polar surface area (TPSA) is 91.4 Å². The molecule has 0 unspecified atom stereocenters. The Kier molecular flexibility index (Phi) is 5.42. The lowest BCUT2D eigenvalue weighted by molar-refractivity contribution is 0.0946. The molecule has 0 spiro atoms. The maximum atomic E-state index is 12.6. The smallest absolute Gasteiger partial charge is 0.270 e. The summed E-state index contributed by atoms with van der Waals surface area (Å²) < 4.78 is 26.6. The van der Waals surface area contributed by atoms with Gasteiger partial charge in [-0.2, -0.15) is 4.31 Å². The third-order valence-corrected chi connectivity index (χ3v) is 5.90. The summed E-state index contributed by atoms with van der Waals surface area (Å²) in [5.41, 5.74) is 1.17. The van der Waals surface area contributed by atoms with E-state index in [2.05, 4.69) is 15.6 Å². The summed E-state index contributed by atoms with van der Waals surface area (Å²) in [6.07, 6.45) is 1.56. The molecule has 0 aliphatic carbocycles. The largest absolute Gasteiger partial charge is 0.347 e. The lowest BCUT2D eigenvalue weighted by Crippen LogP contribution is -2.46. The van der Waals surface area contributed by atoms with Gasteiger partial charge in [0.05, 0.1) is 4.90 Å². The van der Waals surface area contributed by atoms with Gasteiger partial charge < -0.3 is 10.6 Å². The Morgan fingerprint density at radius 1 is 1.12 bits per heavy atom. The predicted molar refractivity (Wildman–Crippen MR) is 93.5 cm³/mol. The highest BCUT2D eigenvalue weighted by Crippen LogP contribution is 2.17. The summed E-state index contributed by atoms with van der Waals surface area (Å²) in [7, 11) is -3.46. The normalized spacial score (nSPS) is 15.7. The van der Waals surface area contributed by atoms with Crippen LogP contribution in [0.2, 0.25) is 0 Å². The molecule has 0 saturated carbocycles. The molecule has 2 heterocycles. The van der Waals surface area contributed by atoms with Gasteiger partial charge in [0, 0.05) is 38.9 Å². The molecular formula is C17H20N4O3S. The number of aromatic nitrogens is 1. The van der Waals surface area contributed by atoms with Gasteiger partial charge in [-0.3, -0.25) is 9.78 Å². The molecule has 3 rings (SSSR count). The molecule has 2 N–H and O–H groups in total. The fraction of sp³-hybridized carbons (Fsp3) is 0.294. The van der Waals surface area contributed by atoms with E-state index in [1.54, 1.807) is 48.7 Å². The van der Waals surface area contributed by atoms with Crippen molar-refractivity contribution in [3.05, 3.63) is 59.9 Å². The number of hydrogen-bond donors (Lipinski definition) is 2. The molecule has 1 amide bonds. The summed E-state index contributed by atoms with van der Waals surface area (Å²) in [4.78, 5) is 16.2. The Morgan fingerprint density at radius 2 is 1.84 bits per heavy atom. The first-order valence-electron chi connectivity index (χ1n) is 8.06. The molecule has 1 aliphatic rings. The maximum absolute atomic E-state index is 12.6. The number of sulfonamides is 1. The molecule has 7 nitrogen and oxygen atoms in total. The third-order valence-electron chi connectivity index (χ3n) is 3.99. The van der Waals surface area contributed by atoms with Crippen molar-refractivity contribution in [3.63, 3.8) is 0 Å². The number of pyridine rings is 1. The molecule has 132 valence electrons. The zero-order valence-electron chi connectivity index (χ0n) is 13.7. The SMILES string of the molecule is O=C(NCc1ccc(S(=O)(=O)N2CCNCC2)cc1)c1ccccn1. The van der Waals surface area contributed by atoms with Crippen LogP contribution in [0.25, 0.3) is 0 Å². The molecule has 1 aromatic heterocycles. The molecule has 8 heteroatoms. The number of amides is 1. The number of rotatable bonds is 5.